The average molecular weight is 362 g/mol. The largest absolute Gasteiger partial charge is 0.502 e. The number of amides is 1. The molecular weight excluding hydrogens is 340 g/mol. The van der Waals surface area contributed by atoms with E-state index in [1.165, 1.54) is 32.4 Å². The van der Waals surface area contributed by atoms with Crippen LogP contribution < -0.4 is 9.47 Å². The van der Waals surface area contributed by atoms with Crippen molar-refractivity contribution >= 4 is 28.9 Å². The van der Waals surface area contributed by atoms with Crippen molar-refractivity contribution in [2.45, 2.75) is 19.8 Å². The lowest BCUT2D eigenvalue weighted by molar-refractivity contribution is -0.113. The van der Waals surface area contributed by atoms with E-state index in [4.69, 9.17) is 9.47 Å². The van der Waals surface area contributed by atoms with E-state index in [2.05, 4.69) is 16.8 Å². The number of methoxy groups -OCH3 is 2. The number of phenols is 1. The van der Waals surface area contributed by atoms with Gasteiger partial charge in [0.2, 0.25) is 5.75 Å². The van der Waals surface area contributed by atoms with Gasteiger partial charge in [-0.05, 0) is 54.3 Å². The number of thioether (sulfide) groups is 1. The van der Waals surface area contributed by atoms with Crippen molar-refractivity contribution < 1.29 is 19.4 Å². The molecule has 1 amide bonds. The van der Waals surface area contributed by atoms with Gasteiger partial charge < -0.3 is 19.5 Å². The second kappa shape index (κ2) is 7.39. The highest BCUT2D eigenvalue weighted by atomic mass is 32.2. The standard InChI is InChI=1S/C18H22N2O4S/c1-11-5-4-6-20(10-11)18-19-17(22)15(25-18)9-12-7-13(23-2)16(21)14(8-12)24-3/h7-9,11,21H,4-6,10H2,1-3H3/b15-9-/t11-/m1/s1. The molecule has 134 valence electrons. The summed E-state index contributed by atoms with van der Waals surface area (Å²) in [6.07, 6.45) is 4.10. The van der Waals surface area contributed by atoms with E-state index in [9.17, 15) is 9.90 Å². The molecule has 2 aliphatic heterocycles. The summed E-state index contributed by atoms with van der Waals surface area (Å²) in [5.74, 6) is 0.923. The van der Waals surface area contributed by atoms with Crippen molar-refractivity contribution in [2.75, 3.05) is 27.3 Å². The topological polar surface area (TPSA) is 71.4 Å². The highest BCUT2D eigenvalue weighted by molar-refractivity contribution is 8.18. The lowest BCUT2D eigenvalue weighted by Gasteiger charge is -2.31. The summed E-state index contributed by atoms with van der Waals surface area (Å²) in [6, 6.07) is 3.33. The zero-order valence-corrected chi connectivity index (χ0v) is 15.4. The number of likely N-dealkylation sites (tertiary alicyclic amines) is 1. The Labute approximate surface area is 151 Å². The fourth-order valence-electron chi connectivity index (χ4n) is 3.04. The predicted molar refractivity (Wildman–Crippen MR) is 99.2 cm³/mol. The highest BCUT2D eigenvalue weighted by Crippen LogP contribution is 2.39. The maximum absolute atomic E-state index is 12.3. The van der Waals surface area contributed by atoms with E-state index in [-0.39, 0.29) is 11.7 Å². The van der Waals surface area contributed by atoms with Crippen LogP contribution in [0.4, 0.5) is 0 Å². The zero-order chi connectivity index (χ0) is 18.0. The van der Waals surface area contributed by atoms with Crippen LogP contribution in [-0.2, 0) is 4.79 Å². The second-order valence-corrected chi connectivity index (χ2v) is 7.29. The average Bonchev–Trinajstić information content (AvgIpc) is 2.97. The first-order valence-corrected chi connectivity index (χ1v) is 9.06. The maximum atomic E-state index is 12.3. The molecule has 0 bridgehead atoms. The number of carbonyl (C=O) groups is 1. The number of rotatable bonds is 3. The first-order chi connectivity index (χ1) is 12.0. The summed E-state index contributed by atoms with van der Waals surface area (Å²) < 4.78 is 10.3. The van der Waals surface area contributed by atoms with Gasteiger partial charge in [0.05, 0.1) is 19.1 Å². The Morgan fingerprint density at radius 3 is 2.60 bits per heavy atom. The van der Waals surface area contributed by atoms with Crippen LogP contribution in [0, 0.1) is 5.92 Å². The predicted octanol–water partition coefficient (Wildman–Crippen LogP) is 3.11. The molecule has 25 heavy (non-hydrogen) atoms. The molecule has 3 rings (SSSR count). The van der Waals surface area contributed by atoms with Crippen molar-refractivity contribution in [3.05, 3.63) is 22.6 Å². The minimum Gasteiger partial charge on any atom is -0.502 e. The fraction of sp³-hybridized carbons (Fsp3) is 0.444. The molecule has 1 fully saturated rings. The molecule has 0 aliphatic carbocycles. The third-order valence-electron chi connectivity index (χ3n) is 4.34. The Morgan fingerprint density at radius 2 is 2.00 bits per heavy atom. The number of aliphatic imine (C=N–C) groups is 1. The molecule has 1 aromatic carbocycles. The number of hydrogen-bond donors (Lipinski definition) is 1. The minimum atomic E-state index is -0.232. The summed E-state index contributed by atoms with van der Waals surface area (Å²) in [7, 11) is 2.94. The maximum Gasteiger partial charge on any atom is 0.286 e. The molecule has 2 aliphatic rings. The third-order valence-corrected chi connectivity index (χ3v) is 5.38. The molecular formula is C18H22N2O4S. The fourth-order valence-corrected chi connectivity index (χ4v) is 3.99. The summed E-state index contributed by atoms with van der Waals surface area (Å²) in [5.41, 5.74) is 0.714. The first-order valence-electron chi connectivity index (χ1n) is 8.24. The van der Waals surface area contributed by atoms with Crippen LogP contribution in [0.2, 0.25) is 0 Å². The summed E-state index contributed by atoms with van der Waals surface area (Å²) in [5, 5.41) is 10.8. The lowest BCUT2D eigenvalue weighted by atomic mass is 10.0. The van der Waals surface area contributed by atoms with E-state index in [1.807, 2.05) is 0 Å². The summed E-state index contributed by atoms with van der Waals surface area (Å²) >= 11 is 1.40. The highest BCUT2D eigenvalue weighted by Gasteiger charge is 2.28. The number of ether oxygens (including phenoxy) is 2. The number of piperidine rings is 1. The van der Waals surface area contributed by atoms with Gasteiger partial charge in [-0.15, -0.1) is 0 Å². The first kappa shape index (κ1) is 17.7. The van der Waals surface area contributed by atoms with Gasteiger partial charge in [-0.2, -0.15) is 4.99 Å². The van der Waals surface area contributed by atoms with Gasteiger partial charge in [-0.25, -0.2) is 0 Å². The Kier molecular flexibility index (Phi) is 5.22. The van der Waals surface area contributed by atoms with Crippen LogP contribution in [0.1, 0.15) is 25.3 Å². The summed E-state index contributed by atoms with van der Waals surface area (Å²) in [6.45, 7) is 4.10. The van der Waals surface area contributed by atoms with E-state index in [1.54, 1.807) is 18.2 Å². The molecule has 1 atom stereocenters. The molecule has 1 aromatic rings. The van der Waals surface area contributed by atoms with Gasteiger partial charge in [0.25, 0.3) is 5.91 Å². The number of phenolic OH excluding ortho intramolecular Hbond substituents is 1. The Balaban J connectivity index is 1.82. The Bertz CT molecular complexity index is 720. The SMILES string of the molecule is COc1cc(/C=C2\SC(N3CCC[C@@H](C)C3)=NC2=O)cc(OC)c1O. The molecule has 2 heterocycles. The monoisotopic (exact) mass is 362 g/mol. The van der Waals surface area contributed by atoms with Crippen LogP contribution in [-0.4, -0.2) is 48.4 Å². The molecule has 1 saturated heterocycles. The number of amidine groups is 1. The molecule has 0 aromatic heterocycles. The number of aromatic hydroxyl groups is 1. The van der Waals surface area contributed by atoms with E-state index in [0.29, 0.717) is 27.9 Å². The molecule has 6 nitrogen and oxygen atoms in total. The van der Waals surface area contributed by atoms with Crippen molar-refractivity contribution in [1.82, 2.24) is 4.90 Å². The van der Waals surface area contributed by atoms with Crippen molar-refractivity contribution in [3.8, 4) is 17.2 Å². The van der Waals surface area contributed by atoms with Crippen molar-refractivity contribution in [2.24, 2.45) is 10.9 Å². The third kappa shape index (κ3) is 3.76. The Morgan fingerprint density at radius 1 is 1.32 bits per heavy atom. The van der Waals surface area contributed by atoms with Gasteiger partial charge in [0.1, 0.15) is 0 Å². The Hall–Kier alpha value is -2.15. The van der Waals surface area contributed by atoms with E-state index >= 15 is 0 Å². The van der Waals surface area contributed by atoms with Crippen LogP contribution in [0.25, 0.3) is 6.08 Å². The number of nitrogens with zero attached hydrogens (tertiary/aromatic N) is 2. The number of hydrogen-bond acceptors (Lipinski definition) is 6. The van der Waals surface area contributed by atoms with Gasteiger partial charge in [0.15, 0.2) is 16.7 Å². The van der Waals surface area contributed by atoms with E-state index in [0.717, 1.165) is 24.7 Å². The van der Waals surface area contributed by atoms with Gasteiger partial charge in [-0.1, -0.05) is 6.92 Å². The molecule has 1 N–H and O–H groups in total. The molecule has 7 heteroatoms. The molecule has 0 saturated carbocycles. The molecule has 0 radical (unpaired) electrons. The minimum absolute atomic E-state index is 0.0585. The van der Waals surface area contributed by atoms with Crippen molar-refractivity contribution in [3.63, 3.8) is 0 Å². The van der Waals surface area contributed by atoms with Crippen LogP contribution in [0.5, 0.6) is 17.2 Å². The zero-order valence-electron chi connectivity index (χ0n) is 14.6. The van der Waals surface area contributed by atoms with Gasteiger partial charge >= 0.3 is 0 Å². The number of carbonyl (C=O) groups excluding carboxylic acids is 1. The number of benzene rings is 1. The van der Waals surface area contributed by atoms with E-state index < -0.39 is 0 Å². The molecule has 0 spiro atoms. The second-order valence-electron chi connectivity index (χ2n) is 6.28. The quantitative estimate of drug-likeness (QED) is 0.833. The van der Waals surface area contributed by atoms with Crippen molar-refractivity contribution in [1.29, 1.82) is 0 Å². The van der Waals surface area contributed by atoms with Crippen LogP contribution >= 0.6 is 11.8 Å². The summed E-state index contributed by atoms with van der Waals surface area (Å²) in [4.78, 5) is 19.2. The van der Waals surface area contributed by atoms with Gasteiger partial charge in [-0.3, -0.25) is 4.79 Å². The van der Waals surface area contributed by atoms with Crippen LogP contribution in [0.3, 0.4) is 0 Å². The normalized spacial score (nSPS) is 22.3. The van der Waals surface area contributed by atoms with Gasteiger partial charge in [0, 0.05) is 13.1 Å². The van der Waals surface area contributed by atoms with Crippen LogP contribution in [0.15, 0.2) is 22.0 Å². The molecule has 0 unspecified atom stereocenters. The smallest absolute Gasteiger partial charge is 0.286 e. The lowest BCUT2D eigenvalue weighted by Crippen LogP contribution is -2.37.